The number of fused-ring (bicyclic) bond motifs is 1. The number of nitrogens with one attached hydrogen (secondary N) is 2. The van der Waals surface area contributed by atoms with Crippen molar-refractivity contribution in [1.82, 2.24) is 20.2 Å². The zero-order valence-electron chi connectivity index (χ0n) is 18.4. The van der Waals surface area contributed by atoms with Crippen LogP contribution in [0.1, 0.15) is 38.4 Å². The summed E-state index contributed by atoms with van der Waals surface area (Å²) in [6, 6.07) is 9.88. The van der Waals surface area contributed by atoms with E-state index in [1.54, 1.807) is 0 Å². The maximum Gasteiger partial charge on any atom is 0.260 e. The van der Waals surface area contributed by atoms with Gasteiger partial charge in [0.15, 0.2) is 0 Å². The van der Waals surface area contributed by atoms with Crippen LogP contribution in [0.3, 0.4) is 0 Å². The quantitative estimate of drug-likeness (QED) is 0.457. The summed E-state index contributed by atoms with van der Waals surface area (Å²) in [7, 11) is 0. The highest BCUT2D eigenvalue weighted by molar-refractivity contribution is 7.99. The van der Waals surface area contributed by atoms with Crippen LogP contribution in [-0.4, -0.2) is 52.2 Å². The van der Waals surface area contributed by atoms with Gasteiger partial charge in [0.05, 0.1) is 16.4 Å². The summed E-state index contributed by atoms with van der Waals surface area (Å²) in [4.78, 5) is 36.0. The first-order valence-corrected chi connectivity index (χ1v) is 13.2. The maximum atomic E-state index is 12.8. The van der Waals surface area contributed by atoms with Gasteiger partial charge >= 0.3 is 0 Å². The number of thiophene rings is 1. The summed E-state index contributed by atoms with van der Waals surface area (Å²) in [5.41, 5.74) is 1.80. The molecule has 0 spiro atoms. The Morgan fingerprint density at radius 3 is 2.81 bits per heavy atom. The number of carbonyl (C=O) groups is 1. The molecular weight excluding hydrogens is 440 g/mol. The lowest BCUT2D eigenvalue weighted by Crippen LogP contribution is -2.35. The number of carbonyl (C=O) groups excluding carboxylic acids is 1. The molecule has 1 atom stereocenters. The normalized spacial score (nSPS) is 15.7. The number of nitrogens with zero attached hydrogens (tertiary/aromatic N) is 2. The molecule has 0 aliphatic carbocycles. The molecule has 32 heavy (non-hydrogen) atoms. The Bertz CT molecular complexity index is 1090. The number of piperidine rings is 1. The van der Waals surface area contributed by atoms with Crippen LogP contribution in [0, 0.1) is 0 Å². The SMILES string of the molecule is CC(SCc1nc2scc(-c3ccccc3)c2c(=O)[nH]1)C(=O)NCCCN1CCCCC1. The van der Waals surface area contributed by atoms with Gasteiger partial charge in [-0.3, -0.25) is 9.59 Å². The molecule has 0 saturated carbocycles. The minimum atomic E-state index is -0.200. The summed E-state index contributed by atoms with van der Waals surface area (Å²) >= 11 is 2.97. The van der Waals surface area contributed by atoms with Crippen molar-refractivity contribution < 1.29 is 4.79 Å². The van der Waals surface area contributed by atoms with Gasteiger partial charge < -0.3 is 15.2 Å². The predicted molar refractivity (Wildman–Crippen MR) is 134 cm³/mol. The van der Waals surface area contributed by atoms with Gasteiger partial charge in [0.25, 0.3) is 5.56 Å². The predicted octanol–water partition coefficient (Wildman–Crippen LogP) is 4.27. The van der Waals surface area contributed by atoms with Crippen molar-refractivity contribution in [1.29, 1.82) is 0 Å². The van der Waals surface area contributed by atoms with E-state index >= 15 is 0 Å². The van der Waals surface area contributed by atoms with Crippen LogP contribution in [0.25, 0.3) is 21.3 Å². The third-order valence-electron chi connectivity index (χ3n) is 5.82. The molecule has 1 aliphatic heterocycles. The number of amides is 1. The van der Waals surface area contributed by atoms with Crippen LogP contribution >= 0.6 is 23.1 Å². The zero-order valence-corrected chi connectivity index (χ0v) is 20.1. The monoisotopic (exact) mass is 470 g/mol. The second kappa shape index (κ2) is 11.1. The lowest BCUT2D eigenvalue weighted by molar-refractivity contribution is -0.120. The molecule has 1 saturated heterocycles. The van der Waals surface area contributed by atoms with Gasteiger partial charge in [-0.2, -0.15) is 0 Å². The van der Waals surface area contributed by atoms with Gasteiger partial charge in [0.1, 0.15) is 10.7 Å². The first-order chi connectivity index (χ1) is 15.6. The molecule has 170 valence electrons. The fourth-order valence-electron chi connectivity index (χ4n) is 4.01. The molecule has 4 rings (SSSR count). The molecule has 1 aromatic carbocycles. The largest absolute Gasteiger partial charge is 0.355 e. The Labute approximate surface area is 196 Å². The summed E-state index contributed by atoms with van der Waals surface area (Å²) in [6.07, 6.45) is 4.91. The van der Waals surface area contributed by atoms with E-state index in [1.807, 2.05) is 42.6 Å². The average Bonchev–Trinajstić information content (AvgIpc) is 3.26. The first kappa shape index (κ1) is 23.0. The molecule has 1 amide bonds. The van der Waals surface area contributed by atoms with E-state index in [2.05, 4.69) is 20.2 Å². The second-order valence-corrected chi connectivity index (χ2v) is 10.4. The van der Waals surface area contributed by atoms with Crippen LogP contribution in [0.15, 0.2) is 40.5 Å². The fourth-order valence-corrected chi connectivity index (χ4v) is 5.76. The molecule has 0 radical (unpaired) electrons. The highest BCUT2D eigenvalue weighted by Gasteiger charge is 2.16. The summed E-state index contributed by atoms with van der Waals surface area (Å²) in [6.45, 7) is 6.04. The van der Waals surface area contributed by atoms with Crippen molar-refractivity contribution in [3.05, 3.63) is 51.9 Å². The molecule has 8 heteroatoms. The van der Waals surface area contributed by atoms with Crippen LogP contribution in [-0.2, 0) is 10.5 Å². The lowest BCUT2D eigenvalue weighted by Gasteiger charge is -2.26. The third-order valence-corrected chi connectivity index (χ3v) is 7.84. The van der Waals surface area contributed by atoms with Crippen LogP contribution in [0.5, 0.6) is 0 Å². The minimum absolute atomic E-state index is 0.0413. The summed E-state index contributed by atoms with van der Waals surface area (Å²) in [5, 5.41) is 5.46. The van der Waals surface area contributed by atoms with E-state index in [-0.39, 0.29) is 16.7 Å². The van der Waals surface area contributed by atoms with Gasteiger partial charge in [-0.25, -0.2) is 4.98 Å². The smallest absolute Gasteiger partial charge is 0.260 e. The standard InChI is InChI=1S/C24H30N4O2S2/c1-17(22(29)25-11-8-14-28-12-6-3-7-13-28)31-16-20-26-23(30)21-19(15-32-24(21)27-20)18-9-4-2-5-10-18/h2,4-5,9-10,15,17H,3,6-8,11-14,16H2,1H3,(H,25,29)(H,26,27,30). The number of hydrogen-bond donors (Lipinski definition) is 2. The summed E-state index contributed by atoms with van der Waals surface area (Å²) in [5.74, 6) is 1.14. The number of thioether (sulfide) groups is 1. The van der Waals surface area contributed by atoms with Gasteiger partial charge in [-0.1, -0.05) is 36.8 Å². The number of aromatic amines is 1. The zero-order chi connectivity index (χ0) is 22.3. The molecular formula is C24H30N4O2S2. The number of H-pyrrole nitrogens is 1. The van der Waals surface area contributed by atoms with Gasteiger partial charge in [0.2, 0.25) is 5.91 Å². The first-order valence-electron chi connectivity index (χ1n) is 11.3. The maximum absolute atomic E-state index is 12.8. The third kappa shape index (κ3) is 5.79. The van der Waals surface area contributed by atoms with Crippen molar-refractivity contribution in [3.63, 3.8) is 0 Å². The number of likely N-dealkylation sites (tertiary alicyclic amines) is 1. The van der Waals surface area contributed by atoms with Crippen molar-refractivity contribution in [2.75, 3.05) is 26.2 Å². The van der Waals surface area contributed by atoms with Gasteiger partial charge in [-0.05, 0) is 51.4 Å². The molecule has 1 fully saturated rings. The lowest BCUT2D eigenvalue weighted by atomic mass is 10.1. The Kier molecular flexibility index (Phi) is 8.00. The Hall–Kier alpha value is -2.16. The van der Waals surface area contributed by atoms with Crippen LogP contribution in [0.2, 0.25) is 0 Å². The van der Waals surface area contributed by atoms with E-state index in [9.17, 15) is 9.59 Å². The highest BCUT2D eigenvalue weighted by atomic mass is 32.2. The van der Waals surface area contributed by atoms with Crippen molar-refractivity contribution >= 4 is 39.2 Å². The van der Waals surface area contributed by atoms with E-state index in [1.165, 1.54) is 55.5 Å². The molecule has 3 aromatic rings. The average molecular weight is 471 g/mol. The summed E-state index contributed by atoms with van der Waals surface area (Å²) < 4.78 is 0. The molecule has 1 aliphatic rings. The molecule has 0 bridgehead atoms. The van der Waals surface area contributed by atoms with Gasteiger partial charge in [-0.15, -0.1) is 23.1 Å². The fraction of sp³-hybridized carbons (Fsp3) is 0.458. The molecule has 2 aromatic heterocycles. The minimum Gasteiger partial charge on any atom is -0.355 e. The Morgan fingerprint density at radius 1 is 1.25 bits per heavy atom. The van der Waals surface area contributed by atoms with Gasteiger partial charge in [0, 0.05) is 17.5 Å². The van der Waals surface area contributed by atoms with Crippen molar-refractivity contribution in [3.8, 4) is 11.1 Å². The van der Waals surface area contributed by atoms with E-state index in [4.69, 9.17) is 0 Å². The van der Waals surface area contributed by atoms with E-state index < -0.39 is 0 Å². The second-order valence-electron chi connectivity index (χ2n) is 8.21. The highest BCUT2D eigenvalue weighted by Crippen LogP contribution is 2.30. The Morgan fingerprint density at radius 2 is 2.03 bits per heavy atom. The van der Waals surface area contributed by atoms with Crippen molar-refractivity contribution in [2.24, 2.45) is 0 Å². The molecule has 1 unspecified atom stereocenters. The molecule has 6 nitrogen and oxygen atoms in total. The number of hydrogen-bond acceptors (Lipinski definition) is 6. The molecule has 2 N–H and O–H groups in total. The number of benzene rings is 1. The molecule has 3 heterocycles. The Balaban J connectivity index is 1.29. The van der Waals surface area contributed by atoms with E-state index in [0.717, 1.165) is 28.9 Å². The van der Waals surface area contributed by atoms with Crippen molar-refractivity contribution in [2.45, 2.75) is 43.6 Å². The van der Waals surface area contributed by atoms with Crippen LogP contribution < -0.4 is 10.9 Å². The van der Waals surface area contributed by atoms with Crippen LogP contribution in [0.4, 0.5) is 0 Å². The number of rotatable bonds is 9. The topological polar surface area (TPSA) is 78.1 Å². The number of aromatic nitrogens is 2. The van der Waals surface area contributed by atoms with E-state index in [0.29, 0.717) is 23.5 Å².